The Labute approximate surface area is 109 Å². The SMILES string of the molecule is C=CCCCCP(=O)(O)OCC1COC(C)(C)O1. The molecule has 0 aromatic rings. The zero-order valence-electron chi connectivity index (χ0n) is 11.1. The molecule has 0 saturated carbocycles. The van der Waals surface area contributed by atoms with E-state index in [-0.39, 0.29) is 18.9 Å². The second-order valence-corrected chi connectivity index (χ2v) is 6.87. The van der Waals surface area contributed by atoms with Crippen molar-refractivity contribution in [1.29, 1.82) is 0 Å². The Morgan fingerprint density at radius 2 is 2.28 bits per heavy atom. The number of unbranched alkanes of at least 4 members (excludes halogenated alkanes) is 2. The molecule has 1 aliphatic rings. The van der Waals surface area contributed by atoms with Crippen molar-refractivity contribution < 1.29 is 23.5 Å². The van der Waals surface area contributed by atoms with E-state index in [9.17, 15) is 9.46 Å². The number of allylic oxidation sites excluding steroid dienone is 1. The van der Waals surface area contributed by atoms with Gasteiger partial charge in [-0.25, -0.2) is 0 Å². The van der Waals surface area contributed by atoms with Crippen molar-refractivity contribution in [2.75, 3.05) is 19.4 Å². The van der Waals surface area contributed by atoms with Crippen molar-refractivity contribution in [3.8, 4) is 0 Å². The summed E-state index contributed by atoms with van der Waals surface area (Å²) in [6, 6.07) is 0. The molecule has 6 heteroatoms. The molecule has 0 aliphatic carbocycles. The number of rotatable bonds is 8. The minimum absolute atomic E-state index is 0.0959. The molecule has 0 aromatic carbocycles. The Kier molecular flexibility index (Phi) is 6.02. The lowest BCUT2D eigenvalue weighted by molar-refractivity contribution is -0.141. The van der Waals surface area contributed by atoms with Gasteiger partial charge in [0.15, 0.2) is 5.79 Å². The number of hydrogen-bond donors (Lipinski definition) is 1. The second kappa shape index (κ2) is 6.83. The van der Waals surface area contributed by atoms with Crippen LogP contribution in [-0.4, -0.2) is 36.2 Å². The van der Waals surface area contributed by atoms with Crippen LogP contribution in [-0.2, 0) is 18.6 Å². The van der Waals surface area contributed by atoms with Crippen molar-refractivity contribution in [1.82, 2.24) is 0 Å². The maximum Gasteiger partial charge on any atom is 0.328 e. The topological polar surface area (TPSA) is 65.0 Å². The standard InChI is InChI=1S/C12H23O5P/c1-4-5-6-7-8-18(13,14)16-10-11-9-15-12(2,3)17-11/h4,11H,1,5-10H2,2-3H3,(H,13,14). The lowest BCUT2D eigenvalue weighted by atomic mass is 10.2. The summed E-state index contributed by atoms with van der Waals surface area (Å²) in [5, 5.41) is 0. The Bertz CT molecular complexity index is 316. The maximum absolute atomic E-state index is 11.7. The Hall–Kier alpha value is -0.190. The Morgan fingerprint density at radius 3 is 2.83 bits per heavy atom. The summed E-state index contributed by atoms with van der Waals surface area (Å²) in [6.07, 6.45) is 4.08. The van der Waals surface area contributed by atoms with E-state index >= 15 is 0 Å². The van der Waals surface area contributed by atoms with Crippen LogP contribution in [0.3, 0.4) is 0 Å². The third-order valence-corrected chi connectivity index (χ3v) is 4.06. The van der Waals surface area contributed by atoms with Crippen LogP contribution in [0.4, 0.5) is 0 Å². The summed E-state index contributed by atoms with van der Waals surface area (Å²) in [7, 11) is -3.50. The first-order valence-corrected chi connectivity index (χ1v) is 8.00. The molecule has 1 fully saturated rings. The molecule has 0 amide bonds. The molecule has 1 N–H and O–H groups in total. The van der Waals surface area contributed by atoms with E-state index in [1.165, 1.54) is 0 Å². The third kappa shape index (κ3) is 6.12. The van der Waals surface area contributed by atoms with Crippen LogP contribution in [0.1, 0.15) is 33.1 Å². The minimum atomic E-state index is -3.50. The zero-order valence-corrected chi connectivity index (χ0v) is 12.0. The smallest absolute Gasteiger partial charge is 0.328 e. The first kappa shape index (κ1) is 15.9. The van der Waals surface area contributed by atoms with Gasteiger partial charge in [-0.3, -0.25) is 4.57 Å². The average Bonchev–Trinajstić information content (AvgIpc) is 2.62. The fourth-order valence-corrected chi connectivity index (χ4v) is 2.86. The molecule has 1 saturated heterocycles. The van der Waals surface area contributed by atoms with E-state index in [0.717, 1.165) is 12.8 Å². The van der Waals surface area contributed by atoms with Crippen molar-refractivity contribution in [3.63, 3.8) is 0 Å². The summed E-state index contributed by atoms with van der Waals surface area (Å²) in [5.41, 5.74) is 0. The molecule has 0 radical (unpaired) electrons. The van der Waals surface area contributed by atoms with Gasteiger partial charge < -0.3 is 18.9 Å². The highest BCUT2D eigenvalue weighted by atomic mass is 31.2. The largest absolute Gasteiger partial charge is 0.348 e. The van der Waals surface area contributed by atoms with E-state index in [1.807, 2.05) is 0 Å². The average molecular weight is 278 g/mol. The molecule has 5 nitrogen and oxygen atoms in total. The summed E-state index contributed by atoms with van der Waals surface area (Å²) in [5.74, 6) is -0.628. The maximum atomic E-state index is 11.7. The molecule has 18 heavy (non-hydrogen) atoms. The fraction of sp³-hybridized carbons (Fsp3) is 0.833. The van der Waals surface area contributed by atoms with Crippen LogP contribution in [0, 0.1) is 0 Å². The van der Waals surface area contributed by atoms with Crippen LogP contribution in [0.15, 0.2) is 12.7 Å². The first-order valence-electron chi connectivity index (χ1n) is 6.24. The molecule has 2 atom stereocenters. The van der Waals surface area contributed by atoms with Crippen LogP contribution >= 0.6 is 7.60 Å². The summed E-state index contributed by atoms with van der Waals surface area (Å²) >= 11 is 0. The summed E-state index contributed by atoms with van der Waals surface area (Å²) in [6.45, 7) is 7.70. The lowest BCUT2D eigenvalue weighted by Crippen LogP contribution is -2.23. The van der Waals surface area contributed by atoms with Gasteiger partial charge in [-0.15, -0.1) is 6.58 Å². The monoisotopic (exact) mass is 278 g/mol. The second-order valence-electron chi connectivity index (χ2n) is 4.89. The van der Waals surface area contributed by atoms with Gasteiger partial charge in [0, 0.05) is 6.16 Å². The number of hydrogen-bond acceptors (Lipinski definition) is 4. The molecular weight excluding hydrogens is 255 g/mol. The summed E-state index contributed by atoms with van der Waals surface area (Å²) in [4.78, 5) is 9.62. The van der Waals surface area contributed by atoms with E-state index in [1.54, 1.807) is 19.9 Å². The molecule has 1 heterocycles. The quantitative estimate of drug-likeness (QED) is 0.420. The molecule has 2 unspecified atom stereocenters. The van der Waals surface area contributed by atoms with E-state index < -0.39 is 13.4 Å². The Morgan fingerprint density at radius 1 is 1.56 bits per heavy atom. The highest BCUT2D eigenvalue weighted by Crippen LogP contribution is 2.43. The molecule has 0 spiro atoms. The van der Waals surface area contributed by atoms with Crippen LogP contribution in [0.5, 0.6) is 0 Å². The molecule has 106 valence electrons. The fourth-order valence-electron chi connectivity index (χ4n) is 1.71. The normalized spacial score (nSPS) is 25.8. The third-order valence-electron chi connectivity index (χ3n) is 2.63. The van der Waals surface area contributed by atoms with Crippen LogP contribution in [0.2, 0.25) is 0 Å². The van der Waals surface area contributed by atoms with E-state index in [4.69, 9.17) is 14.0 Å². The van der Waals surface area contributed by atoms with Crippen molar-refractivity contribution >= 4 is 7.60 Å². The predicted molar refractivity (Wildman–Crippen MR) is 69.6 cm³/mol. The highest BCUT2D eigenvalue weighted by Gasteiger charge is 2.34. The van der Waals surface area contributed by atoms with Crippen molar-refractivity contribution in [2.24, 2.45) is 0 Å². The molecular formula is C12H23O5P. The lowest BCUT2D eigenvalue weighted by Gasteiger charge is -2.18. The molecule has 1 aliphatic heterocycles. The van der Waals surface area contributed by atoms with Gasteiger partial charge in [0.2, 0.25) is 0 Å². The summed E-state index contributed by atoms with van der Waals surface area (Å²) < 4.78 is 27.6. The molecule has 1 rings (SSSR count). The Balaban J connectivity index is 2.21. The van der Waals surface area contributed by atoms with Crippen molar-refractivity contribution in [3.05, 3.63) is 12.7 Å². The van der Waals surface area contributed by atoms with Crippen molar-refractivity contribution in [2.45, 2.75) is 45.0 Å². The molecule has 0 aromatic heterocycles. The predicted octanol–water partition coefficient (Wildman–Crippen LogP) is 2.70. The number of ether oxygens (including phenoxy) is 2. The zero-order chi connectivity index (χ0) is 13.6. The van der Waals surface area contributed by atoms with E-state index in [2.05, 4.69) is 6.58 Å². The van der Waals surface area contributed by atoms with Gasteiger partial charge in [0.05, 0.1) is 13.2 Å². The van der Waals surface area contributed by atoms with Gasteiger partial charge in [0.1, 0.15) is 6.10 Å². The van der Waals surface area contributed by atoms with Crippen LogP contribution in [0.25, 0.3) is 0 Å². The van der Waals surface area contributed by atoms with E-state index in [0.29, 0.717) is 13.0 Å². The van der Waals surface area contributed by atoms with Gasteiger partial charge >= 0.3 is 7.60 Å². The van der Waals surface area contributed by atoms with Gasteiger partial charge in [-0.05, 0) is 33.1 Å². The molecule has 0 bridgehead atoms. The van der Waals surface area contributed by atoms with Crippen LogP contribution < -0.4 is 0 Å². The first-order chi connectivity index (χ1) is 8.35. The van der Waals surface area contributed by atoms with Gasteiger partial charge in [0.25, 0.3) is 0 Å². The van der Waals surface area contributed by atoms with Gasteiger partial charge in [-0.1, -0.05) is 6.08 Å². The minimum Gasteiger partial charge on any atom is -0.348 e. The highest BCUT2D eigenvalue weighted by molar-refractivity contribution is 7.52. The van der Waals surface area contributed by atoms with Gasteiger partial charge in [-0.2, -0.15) is 0 Å².